The number of hydrogen-bond acceptors (Lipinski definition) is 1. The Hall–Kier alpha value is -0.0200. The summed E-state index contributed by atoms with van der Waals surface area (Å²) in [5.41, 5.74) is 1.21. The van der Waals surface area contributed by atoms with Crippen LogP contribution in [0.15, 0.2) is 21.1 Å². The van der Waals surface area contributed by atoms with Gasteiger partial charge in [0.2, 0.25) is 0 Å². The van der Waals surface area contributed by atoms with Crippen molar-refractivity contribution in [2.24, 2.45) is 0 Å². The number of benzene rings is 1. The highest BCUT2D eigenvalue weighted by molar-refractivity contribution is 9.11. The highest BCUT2D eigenvalue weighted by Crippen LogP contribution is 2.34. The van der Waals surface area contributed by atoms with Gasteiger partial charge in [0.15, 0.2) is 0 Å². The summed E-state index contributed by atoms with van der Waals surface area (Å²) in [5.74, 6) is 0.878. The maximum atomic E-state index is 5.43. The Balaban J connectivity index is 3.10. The molecule has 0 aliphatic rings. The third kappa shape index (κ3) is 2.23. The average molecular weight is 294 g/mol. The van der Waals surface area contributed by atoms with E-state index < -0.39 is 0 Å². The van der Waals surface area contributed by atoms with Crippen LogP contribution in [0.3, 0.4) is 0 Å². The van der Waals surface area contributed by atoms with Crippen molar-refractivity contribution < 1.29 is 4.74 Å². The first-order chi connectivity index (χ1) is 5.65. The number of aryl methyl sites for hydroxylation is 1. The molecular formula is C9H10Br2O. The molecule has 0 heterocycles. The molecule has 3 heteroatoms. The Morgan fingerprint density at radius 3 is 2.17 bits per heavy atom. The van der Waals surface area contributed by atoms with Gasteiger partial charge in [-0.1, -0.05) is 0 Å². The molecule has 0 fully saturated rings. The van der Waals surface area contributed by atoms with E-state index in [0.29, 0.717) is 6.61 Å². The van der Waals surface area contributed by atoms with Crippen LogP contribution in [-0.4, -0.2) is 6.61 Å². The van der Waals surface area contributed by atoms with Gasteiger partial charge in [0.25, 0.3) is 0 Å². The predicted molar refractivity (Wildman–Crippen MR) is 57.7 cm³/mol. The van der Waals surface area contributed by atoms with Crippen LogP contribution in [-0.2, 0) is 0 Å². The molecular weight excluding hydrogens is 284 g/mol. The quantitative estimate of drug-likeness (QED) is 0.803. The highest BCUT2D eigenvalue weighted by atomic mass is 79.9. The van der Waals surface area contributed by atoms with E-state index in [4.69, 9.17) is 4.74 Å². The molecule has 0 radical (unpaired) electrons. The molecule has 0 spiro atoms. The number of halogens is 2. The van der Waals surface area contributed by atoms with Crippen LogP contribution < -0.4 is 4.74 Å². The van der Waals surface area contributed by atoms with Crippen molar-refractivity contribution in [2.45, 2.75) is 13.8 Å². The molecule has 1 aromatic rings. The molecule has 0 aromatic heterocycles. The summed E-state index contributed by atoms with van der Waals surface area (Å²) in [5, 5.41) is 0. The molecule has 0 aliphatic heterocycles. The second-order valence-corrected chi connectivity index (χ2v) is 4.20. The van der Waals surface area contributed by atoms with Crippen molar-refractivity contribution in [1.29, 1.82) is 0 Å². The minimum atomic E-state index is 0.681. The van der Waals surface area contributed by atoms with Gasteiger partial charge in [0.05, 0.1) is 15.6 Å². The molecule has 12 heavy (non-hydrogen) atoms. The summed E-state index contributed by atoms with van der Waals surface area (Å²) in [7, 11) is 0. The van der Waals surface area contributed by atoms with Gasteiger partial charge < -0.3 is 4.74 Å². The molecule has 0 saturated carbocycles. The van der Waals surface area contributed by atoms with Crippen LogP contribution in [0.5, 0.6) is 5.75 Å². The zero-order chi connectivity index (χ0) is 9.14. The van der Waals surface area contributed by atoms with E-state index in [1.807, 2.05) is 26.0 Å². The van der Waals surface area contributed by atoms with Crippen molar-refractivity contribution in [1.82, 2.24) is 0 Å². The summed E-state index contributed by atoms with van der Waals surface area (Å²) in [4.78, 5) is 0. The molecule has 0 aliphatic carbocycles. The first-order valence-electron chi connectivity index (χ1n) is 3.73. The Bertz CT molecular complexity index is 261. The first kappa shape index (κ1) is 10.1. The summed E-state index contributed by atoms with van der Waals surface area (Å²) in [6, 6.07) is 4.07. The maximum Gasteiger partial charge on any atom is 0.147 e. The smallest absolute Gasteiger partial charge is 0.147 e. The summed E-state index contributed by atoms with van der Waals surface area (Å²) in [6.45, 7) is 4.70. The first-order valence-corrected chi connectivity index (χ1v) is 5.32. The molecule has 0 atom stereocenters. The van der Waals surface area contributed by atoms with E-state index in [9.17, 15) is 0 Å². The van der Waals surface area contributed by atoms with Crippen LogP contribution >= 0.6 is 31.9 Å². The number of ether oxygens (including phenoxy) is 1. The third-order valence-electron chi connectivity index (χ3n) is 1.43. The van der Waals surface area contributed by atoms with E-state index >= 15 is 0 Å². The van der Waals surface area contributed by atoms with Crippen molar-refractivity contribution in [3.05, 3.63) is 26.6 Å². The van der Waals surface area contributed by atoms with E-state index in [1.165, 1.54) is 5.56 Å². The highest BCUT2D eigenvalue weighted by Gasteiger charge is 2.05. The van der Waals surface area contributed by atoms with Crippen molar-refractivity contribution >= 4 is 31.9 Å². The minimum Gasteiger partial charge on any atom is -0.492 e. The van der Waals surface area contributed by atoms with Crippen LogP contribution in [0.25, 0.3) is 0 Å². The van der Waals surface area contributed by atoms with Crippen molar-refractivity contribution in [3.63, 3.8) is 0 Å². The Kier molecular flexibility index (Phi) is 3.59. The lowest BCUT2D eigenvalue weighted by molar-refractivity contribution is 0.336. The molecule has 1 rings (SSSR count). The molecule has 1 aromatic carbocycles. The monoisotopic (exact) mass is 292 g/mol. The number of hydrogen-bond donors (Lipinski definition) is 0. The zero-order valence-corrected chi connectivity index (χ0v) is 10.2. The second kappa shape index (κ2) is 4.28. The molecule has 66 valence electrons. The van der Waals surface area contributed by atoms with Gasteiger partial charge in [-0.15, -0.1) is 0 Å². The Labute approximate surface area is 89.4 Å². The van der Waals surface area contributed by atoms with E-state index in [1.54, 1.807) is 0 Å². The Morgan fingerprint density at radius 2 is 1.75 bits per heavy atom. The molecule has 0 N–H and O–H groups in total. The lowest BCUT2D eigenvalue weighted by Crippen LogP contribution is -1.93. The van der Waals surface area contributed by atoms with Crippen molar-refractivity contribution in [3.8, 4) is 5.75 Å². The summed E-state index contributed by atoms with van der Waals surface area (Å²) < 4.78 is 7.42. The molecule has 0 unspecified atom stereocenters. The molecule has 0 bridgehead atoms. The fourth-order valence-electron chi connectivity index (χ4n) is 0.969. The van der Waals surface area contributed by atoms with Crippen LogP contribution in [0.1, 0.15) is 12.5 Å². The van der Waals surface area contributed by atoms with Crippen LogP contribution in [0, 0.1) is 6.92 Å². The molecule has 0 saturated heterocycles. The largest absolute Gasteiger partial charge is 0.492 e. The summed E-state index contributed by atoms with van der Waals surface area (Å²) in [6.07, 6.45) is 0. The topological polar surface area (TPSA) is 9.23 Å². The van der Waals surface area contributed by atoms with Gasteiger partial charge in [0.1, 0.15) is 5.75 Å². The Morgan fingerprint density at radius 1 is 1.25 bits per heavy atom. The van der Waals surface area contributed by atoms with E-state index in [0.717, 1.165) is 14.7 Å². The van der Waals surface area contributed by atoms with Crippen LogP contribution in [0.4, 0.5) is 0 Å². The van der Waals surface area contributed by atoms with E-state index in [-0.39, 0.29) is 0 Å². The third-order valence-corrected chi connectivity index (χ3v) is 2.61. The maximum absolute atomic E-state index is 5.43. The standard InChI is InChI=1S/C9H10Br2O/c1-3-12-9-7(10)4-6(2)5-8(9)11/h4-5H,3H2,1-2H3. The SMILES string of the molecule is CCOc1c(Br)cc(C)cc1Br. The lowest BCUT2D eigenvalue weighted by Gasteiger charge is -2.08. The number of rotatable bonds is 2. The van der Waals surface area contributed by atoms with E-state index in [2.05, 4.69) is 31.9 Å². The fraction of sp³-hybridized carbons (Fsp3) is 0.333. The van der Waals surface area contributed by atoms with Gasteiger partial charge >= 0.3 is 0 Å². The van der Waals surface area contributed by atoms with Gasteiger partial charge in [-0.05, 0) is 63.4 Å². The van der Waals surface area contributed by atoms with Gasteiger partial charge in [0, 0.05) is 0 Å². The molecule has 1 nitrogen and oxygen atoms in total. The fourth-order valence-corrected chi connectivity index (χ4v) is 2.61. The molecule has 0 amide bonds. The van der Waals surface area contributed by atoms with Crippen LogP contribution in [0.2, 0.25) is 0 Å². The average Bonchev–Trinajstić information content (AvgIpc) is 1.96. The predicted octanol–water partition coefficient (Wildman–Crippen LogP) is 3.92. The normalized spacial score (nSPS) is 10.0. The van der Waals surface area contributed by atoms with Gasteiger partial charge in [-0.3, -0.25) is 0 Å². The van der Waals surface area contributed by atoms with Gasteiger partial charge in [-0.2, -0.15) is 0 Å². The second-order valence-electron chi connectivity index (χ2n) is 2.49. The zero-order valence-electron chi connectivity index (χ0n) is 7.03. The minimum absolute atomic E-state index is 0.681. The summed E-state index contributed by atoms with van der Waals surface area (Å²) >= 11 is 6.89. The lowest BCUT2D eigenvalue weighted by atomic mass is 10.2. The van der Waals surface area contributed by atoms with Gasteiger partial charge in [-0.25, -0.2) is 0 Å². The van der Waals surface area contributed by atoms with Crippen molar-refractivity contribution in [2.75, 3.05) is 6.61 Å².